The number of rotatable bonds is 1. The van der Waals surface area contributed by atoms with Crippen LogP contribution in [0.4, 0.5) is 0 Å². The van der Waals surface area contributed by atoms with Crippen LogP contribution in [0.5, 0.6) is 0 Å². The lowest BCUT2D eigenvalue weighted by Crippen LogP contribution is -2.51. The van der Waals surface area contributed by atoms with Crippen molar-refractivity contribution in [2.24, 2.45) is 0 Å². The predicted octanol–water partition coefficient (Wildman–Crippen LogP) is 1.53. The molecule has 88 valence electrons. The van der Waals surface area contributed by atoms with Gasteiger partial charge in [-0.15, -0.1) is 0 Å². The van der Waals surface area contributed by atoms with E-state index in [1.165, 1.54) is 25.7 Å². The summed E-state index contributed by atoms with van der Waals surface area (Å²) >= 11 is 0. The second kappa shape index (κ2) is 5.50. The Morgan fingerprint density at radius 3 is 2.47 bits per heavy atom. The molecule has 1 saturated heterocycles. The average molecular weight is 213 g/mol. The highest BCUT2D eigenvalue weighted by Gasteiger charge is 2.24. The second-order valence-corrected chi connectivity index (χ2v) is 5.53. The van der Waals surface area contributed by atoms with E-state index in [0.29, 0.717) is 12.5 Å². The zero-order chi connectivity index (χ0) is 11.3. The molecule has 3 heteroatoms. The summed E-state index contributed by atoms with van der Waals surface area (Å²) in [6.45, 7) is 0.836. The summed E-state index contributed by atoms with van der Waals surface area (Å²) in [7, 11) is 6.63. The molecular formula is C12H25N2O+. The Labute approximate surface area is 93.4 Å². The van der Waals surface area contributed by atoms with Gasteiger partial charge in [-0.2, -0.15) is 0 Å². The SMILES string of the molecule is C[N+](C)(C)C1CCCCCCC(=O)NC1. The van der Waals surface area contributed by atoms with Crippen molar-refractivity contribution < 1.29 is 9.28 Å². The molecule has 1 fully saturated rings. The van der Waals surface area contributed by atoms with Crippen LogP contribution in [0, 0.1) is 0 Å². The van der Waals surface area contributed by atoms with Crippen LogP contribution in [-0.2, 0) is 4.79 Å². The molecule has 1 atom stereocenters. The molecular weight excluding hydrogens is 188 g/mol. The average Bonchev–Trinajstić information content (AvgIpc) is 2.14. The van der Waals surface area contributed by atoms with Crippen LogP contribution >= 0.6 is 0 Å². The number of nitrogens with one attached hydrogen (secondary N) is 1. The van der Waals surface area contributed by atoms with Gasteiger partial charge in [0.05, 0.1) is 27.7 Å². The van der Waals surface area contributed by atoms with Crippen molar-refractivity contribution in [3.05, 3.63) is 0 Å². The van der Waals surface area contributed by atoms with Crippen LogP contribution < -0.4 is 5.32 Å². The number of nitrogens with zero attached hydrogens (tertiary/aromatic N) is 1. The van der Waals surface area contributed by atoms with Crippen molar-refractivity contribution in [1.82, 2.24) is 5.32 Å². The first-order valence-electron chi connectivity index (χ1n) is 6.08. The molecule has 15 heavy (non-hydrogen) atoms. The van der Waals surface area contributed by atoms with Crippen molar-refractivity contribution in [3.8, 4) is 0 Å². The molecule has 1 aliphatic heterocycles. The molecule has 0 bridgehead atoms. The largest absolute Gasteiger partial charge is 0.350 e. The van der Waals surface area contributed by atoms with Crippen molar-refractivity contribution in [2.45, 2.75) is 44.6 Å². The van der Waals surface area contributed by atoms with Crippen LogP contribution in [0.3, 0.4) is 0 Å². The van der Waals surface area contributed by atoms with E-state index in [4.69, 9.17) is 0 Å². The molecule has 1 heterocycles. The van der Waals surface area contributed by atoms with Crippen LogP contribution in [0.25, 0.3) is 0 Å². The quantitative estimate of drug-likeness (QED) is 0.658. The Morgan fingerprint density at radius 1 is 1.13 bits per heavy atom. The Kier molecular flexibility index (Phi) is 4.58. The summed E-state index contributed by atoms with van der Waals surface area (Å²) in [5.74, 6) is 0.232. The van der Waals surface area contributed by atoms with Gasteiger partial charge in [-0.25, -0.2) is 0 Å². The molecule has 0 spiro atoms. The number of amides is 1. The first-order chi connectivity index (χ1) is 7.00. The minimum atomic E-state index is 0.232. The van der Waals surface area contributed by atoms with Crippen LogP contribution in [0.2, 0.25) is 0 Å². The number of hydrogen-bond acceptors (Lipinski definition) is 1. The van der Waals surface area contributed by atoms with Crippen LogP contribution in [-0.4, -0.2) is 44.1 Å². The Balaban J connectivity index is 2.51. The maximum absolute atomic E-state index is 11.5. The summed E-state index contributed by atoms with van der Waals surface area (Å²) in [4.78, 5) is 11.5. The van der Waals surface area contributed by atoms with Crippen molar-refractivity contribution in [1.29, 1.82) is 0 Å². The van der Waals surface area contributed by atoms with Gasteiger partial charge in [-0.3, -0.25) is 4.79 Å². The van der Waals surface area contributed by atoms with Gasteiger partial charge in [-0.05, 0) is 12.8 Å². The van der Waals surface area contributed by atoms with E-state index in [-0.39, 0.29) is 5.91 Å². The van der Waals surface area contributed by atoms with Crippen molar-refractivity contribution in [2.75, 3.05) is 27.7 Å². The third kappa shape index (κ3) is 4.65. The van der Waals surface area contributed by atoms with E-state index in [1.807, 2.05) is 0 Å². The molecule has 1 unspecified atom stereocenters. The van der Waals surface area contributed by atoms with Crippen molar-refractivity contribution >= 4 is 5.91 Å². The molecule has 0 aromatic carbocycles. The lowest BCUT2D eigenvalue weighted by Gasteiger charge is -2.34. The van der Waals surface area contributed by atoms with Gasteiger partial charge >= 0.3 is 0 Å². The van der Waals surface area contributed by atoms with Gasteiger partial charge in [0.2, 0.25) is 5.91 Å². The van der Waals surface area contributed by atoms with Gasteiger partial charge in [-0.1, -0.05) is 12.8 Å². The zero-order valence-corrected chi connectivity index (χ0v) is 10.4. The fourth-order valence-electron chi connectivity index (χ4n) is 2.10. The molecule has 1 aliphatic rings. The van der Waals surface area contributed by atoms with E-state index in [1.54, 1.807) is 0 Å². The Morgan fingerprint density at radius 2 is 1.80 bits per heavy atom. The lowest BCUT2D eigenvalue weighted by atomic mass is 10.0. The summed E-state index contributed by atoms with van der Waals surface area (Å²) in [5.41, 5.74) is 0. The molecule has 1 N–H and O–H groups in total. The number of carbonyl (C=O) groups excluding carboxylic acids is 1. The number of quaternary nitrogens is 1. The number of hydrogen-bond donors (Lipinski definition) is 1. The normalized spacial score (nSPS) is 25.8. The van der Waals surface area contributed by atoms with E-state index >= 15 is 0 Å². The van der Waals surface area contributed by atoms with Crippen LogP contribution in [0.1, 0.15) is 38.5 Å². The first kappa shape index (κ1) is 12.5. The van der Waals surface area contributed by atoms with E-state index in [2.05, 4.69) is 26.5 Å². The number of likely N-dealkylation sites (N-methyl/N-ethyl adjacent to an activating group) is 1. The highest BCUT2D eigenvalue weighted by atomic mass is 16.1. The highest BCUT2D eigenvalue weighted by molar-refractivity contribution is 5.75. The van der Waals surface area contributed by atoms with Gasteiger partial charge in [0, 0.05) is 12.8 Å². The lowest BCUT2D eigenvalue weighted by molar-refractivity contribution is -0.895. The standard InChI is InChI=1S/C12H24N2O/c1-14(2,3)11-8-6-4-5-7-9-12(15)13-10-11/h11H,4-10H2,1-3H3/p+1. The smallest absolute Gasteiger partial charge is 0.220 e. The second-order valence-electron chi connectivity index (χ2n) is 5.53. The number of carbonyl (C=O) groups is 1. The topological polar surface area (TPSA) is 29.1 Å². The molecule has 3 nitrogen and oxygen atoms in total. The summed E-state index contributed by atoms with van der Waals surface area (Å²) in [6.07, 6.45) is 6.78. The van der Waals surface area contributed by atoms with Crippen molar-refractivity contribution in [3.63, 3.8) is 0 Å². The fraction of sp³-hybridized carbons (Fsp3) is 0.917. The molecule has 0 saturated carbocycles. The van der Waals surface area contributed by atoms with Gasteiger partial charge < -0.3 is 9.80 Å². The molecule has 0 radical (unpaired) electrons. The third-order valence-corrected chi connectivity index (χ3v) is 3.32. The maximum Gasteiger partial charge on any atom is 0.220 e. The Bertz CT molecular complexity index is 208. The third-order valence-electron chi connectivity index (χ3n) is 3.32. The maximum atomic E-state index is 11.5. The first-order valence-corrected chi connectivity index (χ1v) is 6.08. The summed E-state index contributed by atoms with van der Waals surface area (Å²) < 4.78 is 0.945. The molecule has 0 aromatic heterocycles. The molecule has 1 amide bonds. The van der Waals surface area contributed by atoms with Crippen LogP contribution in [0.15, 0.2) is 0 Å². The Hall–Kier alpha value is -0.570. The summed E-state index contributed by atoms with van der Waals surface area (Å²) in [6, 6.07) is 0.562. The highest BCUT2D eigenvalue weighted by Crippen LogP contribution is 2.14. The van der Waals surface area contributed by atoms with E-state index < -0.39 is 0 Å². The molecule has 0 aromatic rings. The van der Waals surface area contributed by atoms with Gasteiger partial charge in [0.1, 0.15) is 6.04 Å². The zero-order valence-electron chi connectivity index (χ0n) is 10.4. The van der Waals surface area contributed by atoms with E-state index in [0.717, 1.165) is 17.4 Å². The predicted molar refractivity (Wildman–Crippen MR) is 62.5 cm³/mol. The van der Waals surface area contributed by atoms with E-state index in [9.17, 15) is 4.79 Å². The fourth-order valence-corrected chi connectivity index (χ4v) is 2.10. The minimum Gasteiger partial charge on any atom is -0.350 e. The van der Waals surface area contributed by atoms with Gasteiger partial charge in [0.25, 0.3) is 0 Å². The van der Waals surface area contributed by atoms with Gasteiger partial charge in [0.15, 0.2) is 0 Å². The monoisotopic (exact) mass is 213 g/mol. The molecule has 0 aliphatic carbocycles. The summed E-state index contributed by atoms with van der Waals surface area (Å²) in [5, 5.41) is 3.05. The minimum absolute atomic E-state index is 0.232. The molecule has 1 rings (SSSR count).